The van der Waals surface area contributed by atoms with Gasteiger partial charge < -0.3 is 4.98 Å². The van der Waals surface area contributed by atoms with Gasteiger partial charge in [0.2, 0.25) is 5.78 Å². The number of para-hydroxylation sites is 1. The minimum Gasteiger partial charge on any atom is -0.361 e. The standard InChI is InChI=1S/C18H10N2O4/c21-17-12-5-3-7-15(20(23)24)16(12)18(22)13(17)8-10-9-19-14-6-2-1-4-11(10)14/h1-9,19H. The number of nitrogens with zero attached hydrogens (tertiary/aromatic N) is 1. The molecule has 0 spiro atoms. The lowest BCUT2D eigenvalue weighted by Crippen LogP contribution is -2.01. The minimum atomic E-state index is -0.640. The number of nitro groups is 1. The molecule has 0 fully saturated rings. The number of Topliss-reactive ketones (excluding diaryl/α,β-unsaturated/α-hetero) is 2. The summed E-state index contributed by atoms with van der Waals surface area (Å²) in [5, 5.41) is 12.0. The van der Waals surface area contributed by atoms with Crippen LogP contribution in [-0.4, -0.2) is 21.5 Å². The van der Waals surface area contributed by atoms with Gasteiger partial charge in [-0.25, -0.2) is 0 Å². The molecule has 6 heteroatoms. The molecule has 3 aromatic rings. The van der Waals surface area contributed by atoms with Gasteiger partial charge in [0.25, 0.3) is 5.69 Å². The molecule has 0 amide bonds. The van der Waals surface area contributed by atoms with E-state index in [0.29, 0.717) is 5.56 Å². The minimum absolute atomic E-state index is 0.0518. The molecule has 24 heavy (non-hydrogen) atoms. The lowest BCUT2D eigenvalue weighted by molar-refractivity contribution is -0.385. The quantitative estimate of drug-likeness (QED) is 0.338. The summed E-state index contributed by atoms with van der Waals surface area (Å²) in [5.74, 6) is -1.09. The van der Waals surface area contributed by atoms with Crippen LogP contribution >= 0.6 is 0 Å². The van der Waals surface area contributed by atoms with Crippen molar-refractivity contribution < 1.29 is 14.5 Å². The largest absolute Gasteiger partial charge is 0.361 e. The van der Waals surface area contributed by atoms with Crippen LogP contribution in [-0.2, 0) is 0 Å². The molecule has 0 saturated heterocycles. The van der Waals surface area contributed by atoms with Gasteiger partial charge in [-0.05, 0) is 18.2 Å². The summed E-state index contributed by atoms with van der Waals surface area (Å²) in [7, 11) is 0. The Labute approximate surface area is 135 Å². The Hall–Kier alpha value is -3.54. The number of fused-ring (bicyclic) bond motifs is 2. The van der Waals surface area contributed by atoms with E-state index in [0.717, 1.165) is 10.9 Å². The number of hydrogen-bond donors (Lipinski definition) is 1. The predicted molar refractivity (Wildman–Crippen MR) is 88.0 cm³/mol. The number of nitrogens with one attached hydrogen (secondary N) is 1. The zero-order valence-electron chi connectivity index (χ0n) is 12.3. The fourth-order valence-corrected chi connectivity index (χ4v) is 3.00. The third-order valence-electron chi connectivity index (χ3n) is 4.12. The SMILES string of the molecule is O=C1C(=Cc2c[nH]c3ccccc23)C(=O)c2c1cccc2[N+](=O)[O-]. The first-order valence-corrected chi connectivity index (χ1v) is 7.22. The molecule has 4 rings (SSSR count). The summed E-state index contributed by atoms with van der Waals surface area (Å²) in [5.41, 5.74) is 1.14. The van der Waals surface area contributed by atoms with Crippen LogP contribution in [0, 0.1) is 10.1 Å². The number of H-pyrrole nitrogens is 1. The molecule has 0 unspecified atom stereocenters. The van der Waals surface area contributed by atoms with Crippen LogP contribution in [0.3, 0.4) is 0 Å². The molecule has 0 atom stereocenters. The number of aromatic nitrogens is 1. The van der Waals surface area contributed by atoms with Crippen molar-refractivity contribution in [3.8, 4) is 0 Å². The Bertz CT molecular complexity index is 1080. The van der Waals surface area contributed by atoms with Crippen molar-refractivity contribution in [2.75, 3.05) is 0 Å². The van der Waals surface area contributed by atoms with Crippen LogP contribution in [0.4, 0.5) is 5.69 Å². The Morgan fingerprint density at radius 1 is 1.00 bits per heavy atom. The first-order chi connectivity index (χ1) is 11.6. The fourth-order valence-electron chi connectivity index (χ4n) is 3.00. The van der Waals surface area contributed by atoms with Crippen LogP contribution in [0.5, 0.6) is 0 Å². The normalized spacial score (nSPS) is 15.2. The highest BCUT2D eigenvalue weighted by Gasteiger charge is 2.38. The van der Waals surface area contributed by atoms with Gasteiger partial charge in [0.05, 0.1) is 10.5 Å². The molecule has 1 aliphatic rings. The second-order valence-corrected chi connectivity index (χ2v) is 5.46. The molecule has 1 N–H and O–H groups in total. The van der Waals surface area contributed by atoms with Crippen LogP contribution in [0.1, 0.15) is 26.3 Å². The van der Waals surface area contributed by atoms with E-state index in [-0.39, 0.29) is 22.4 Å². The van der Waals surface area contributed by atoms with E-state index in [2.05, 4.69) is 4.98 Å². The van der Waals surface area contributed by atoms with Gasteiger partial charge in [0.15, 0.2) is 5.78 Å². The lowest BCUT2D eigenvalue weighted by atomic mass is 10.1. The zero-order chi connectivity index (χ0) is 16.8. The van der Waals surface area contributed by atoms with Crippen LogP contribution < -0.4 is 0 Å². The van der Waals surface area contributed by atoms with Gasteiger partial charge in [0.1, 0.15) is 5.56 Å². The average Bonchev–Trinajstić information content (AvgIpc) is 3.10. The van der Waals surface area contributed by atoms with Crippen molar-refractivity contribution in [2.24, 2.45) is 0 Å². The maximum Gasteiger partial charge on any atom is 0.281 e. The van der Waals surface area contributed by atoms with E-state index in [1.165, 1.54) is 24.3 Å². The van der Waals surface area contributed by atoms with Crippen molar-refractivity contribution in [3.63, 3.8) is 0 Å². The van der Waals surface area contributed by atoms with E-state index < -0.39 is 16.5 Å². The highest BCUT2D eigenvalue weighted by atomic mass is 16.6. The highest BCUT2D eigenvalue weighted by molar-refractivity contribution is 6.42. The molecule has 1 aliphatic carbocycles. The lowest BCUT2D eigenvalue weighted by Gasteiger charge is -1.96. The molecular formula is C18H10N2O4. The smallest absolute Gasteiger partial charge is 0.281 e. The molecule has 116 valence electrons. The van der Waals surface area contributed by atoms with Crippen molar-refractivity contribution >= 4 is 34.2 Å². The van der Waals surface area contributed by atoms with Crippen LogP contribution in [0.25, 0.3) is 17.0 Å². The van der Waals surface area contributed by atoms with Gasteiger partial charge in [-0.3, -0.25) is 19.7 Å². The number of carbonyl (C=O) groups is 2. The van der Waals surface area contributed by atoms with Gasteiger partial charge in [-0.1, -0.05) is 24.3 Å². The Morgan fingerprint density at radius 3 is 2.58 bits per heavy atom. The molecule has 6 nitrogen and oxygen atoms in total. The summed E-state index contributed by atoms with van der Waals surface area (Å²) in [4.78, 5) is 38.7. The summed E-state index contributed by atoms with van der Waals surface area (Å²) in [6.45, 7) is 0. The van der Waals surface area contributed by atoms with E-state index in [1.807, 2.05) is 24.3 Å². The van der Waals surface area contributed by atoms with E-state index in [1.54, 1.807) is 6.20 Å². The molecular weight excluding hydrogens is 308 g/mol. The fraction of sp³-hybridized carbons (Fsp3) is 0. The maximum atomic E-state index is 12.6. The molecule has 0 saturated carbocycles. The number of allylic oxidation sites excluding steroid dienone is 1. The molecule has 0 bridgehead atoms. The summed E-state index contributed by atoms with van der Waals surface area (Å²) >= 11 is 0. The van der Waals surface area contributed by atoms with E-state index in [9.17, 15) is 19.7 Å². The molecule has 0 radical (unpaired) electrons. The maximum absolute atomic E-state index is 12.6. The molecule has 2 aromatic carbocycles. The van der Waals surface area contributed by atoms with Crippen molar-refractivity contribution in [1.29, 1.82) is 0 Å². The van der Waals surface area contributed by atoms with Gasteiger partial charge >= 0.3 is 0 Å². The van der Waals surface area contributed by atoms with E-state index in [4.69, 9.17) is 0 Å². The third-order valence-corrected chi connectivity index (χ3v) is 4.12. The summed E-state index contributed by atoms with van der Waals surface area (Å²) < 4.78 is 0. The van der Waals surface area contributed by atoms with Crippen LogP contribution in [0.15, 0.2) is 54.2 Å². The van der Waals surface area contributed by atoms with Crippen LogP contribution in [0.2, 0.25) is 0 Å². The van der Waals surface area contributed by atoms with Gasteiger partial charge in [-0.2, -0.15) is 0 Å². The number of rotatable bonds is 2. The topological polar surface area (TPSA) is 93.1 Å². The molecule has 0 aliphatic heterocycles. The number of nitro benzene ring substituents is 1. The second kappa shape index (κ2) is 4.99. The Kier molecular flexibility index (Phi) is 2.93. The predicted octanol–water partition coefficient (Wildman–Crippen LogP) is 3.54. The molecule has 1 aromatic heterocycles. The summed E-state index contributed by atoms with van der Waals surface area (Å²) in [6.07, 6.45) is 3.20. The van der Waals surface area contributed by atoms with Crippen molar-refractivity contribution in [3.05, 3.63) is 81.0 Å². The number of hydrogen-bond acceptors (Lipinski definition) is 4. The number of benzene rings is 2. The highest BCUT2D eigenvalue weighted by Crippen LogP contribution is 2.34. The first-order valence-electron chi connectivity index (χ1n) is 7.22. The van der Waals surface area contributed by atoms with E-state index >= 15 is 0 Å². The van der Waals surface area contributed by atoms with Gasteiger partial charge in [0, 0.05) is 34.3 Å². The number of carbonyl (C=O) groups excluding carboxylic acids is 2. The molecule has 1 heterocycles. The third kappa shape index (κ3) is 1.90. The number of aromatic amines is 1. The first kappa shape index (κ1) is 14.1. The average molecular weight is 318 g/mol. The summed E-state index contributed by atoms with van der Waals surface area (Å²) in [6, 6.07) is 11.6. The second-order valence-electron chi connectivity index (χ2n) is 5.46. The number of ketones is 2. The Morgan fingerprint density at radius 2 is 1.79 bits per heavy atom. The van der Waals surface area contributed by atoms with Crippen molar-refractivity contribution in [1.82, 2.24) is 4.98 Å². The zero-order valence-corrected chi connectivity index (χ0v) is 12.3. The van der Waals surface area contributed by atoms with Crippen molar-refractivity contribution in [2.45, 2.75) is 0 Å². The monoisotopic (exact) mass is 318 g/mol. The van der Waals surface area contributed by atoms with Gasteiger partial charge in [-0.15, -0.1) is 0 Å². The Balaban J connectivity index is 1.89.